The molecular formula is C27H55N5OS2. The lowest BCUT2D eigenvalue weighted by atomic mass is 9.75. The van der Waals surface area contributed by atoms with Gasteiger partial charge in [-0.25, -0.2) is 0 Å². The second-order valence-corrected chi connectivity index (χ2v) is 13.3. The Morgan fingerprint density at radius 1 is 0.914 bits per heavy atom. The average molecular weight is 530 g/mol. The smallest absolute Gasteiger partial charge is 0.186 e. The van der Waals surface area contributed by atoms with Crippen LogP contribution < -0.4 is 15.6 Å². The largest absolute Gasteiger partial charge is 0.597 e. The third-order valence-corrected chi connectivity index (χ3v) is 8.09. The van der Waals surface area contributed by atoms with Gasteiger partial charge in [0.05, 0.1) is 16.9 Å². The minimum absolute atomic E-state index is 0.216. The van der Waals surface area contributed by atoms with Crippen LogP contribution >= 0.6 is 12.2 Å². The molecule has 1 rings (SSSR count). The molecule has 0 aromatic heterocycles. The highest BCUT2D eigenvalue weighted by molar-refractivity contribution is 7.89. The Morgan fingerprint density at radius 3 is 1.97 bits per heavy atom. The summed E-state index contributed by atoms with van der Waals surface area (Å²) in [7, 11) is 0. The minimum Gasteiger partial charge on any atom is -0.597 e. The molecule has 0 aliphatic heterocycles. The summed E-state index contributed by atoms with van der Waals surface area (Å²) in [4.78, 5) is 2.90. The minimum atomic E-state index is -1.16. The Bertz CT molecular complexity index is 591. The quantitative estimate of drug-likeness (QED) is 0.0590. The molecule has 6 nitrogen and oxygen atoms in total. The standard InChI is InChI=1S/C27H55N5OS2/c1-7-8-9-10-11-12-13-14-15-19-22-35(33)32-29-25(34)28-27(23(2)3,31-30-26(4,5)6)24-20-17-16-18-21-24/h23-24,32H,7-22H2,1-6H3,(H2,28,29,34). The van der Waals surface area contributed by atoms with Gasteiger partial charge < -0.3 is 9.87 Å². The molecule has 0 aromatic rings. The van der Waals surface area contributed by atoms with Crippen molar-refractivity contribution in [3.63, 3.8) is 0 Å². The molecule has 1 aliphatic rings. The van der Waals surface area contributed by atoms with Crippen molar-refractivity contribution in [3.05, 3.63) is 0 Å². The second-order valence-electron chi connectivity index (χ2n) is 11.6. The maximum absolute atomic E-state index is 12.4. The molecule has 0 heterocycles. The third-order valence-electron chi connectivity index (χ3n) is 6.90. The molecule has 0 bridgehead atoms. The second kappa shape index (κ2) is 17.9. The lowest BCUT2D eigenvalue weighted by molar-refractivity contribution is 0.126. The van der Waals surface area contributed by atoms with Crippen molar-refractivity contribution in [1.82, 2.24) is 15.6 Å². The fourth-order valence-electron chi connectivity index (χ4n) is 4.80. The molecular weight excluding hydrogens is 474 g/mol. The Balaban J connectivity index is 2.45. The highest BCUT2D eigenvalue weighted by Crippen LogP contribution is 2.39. The first kappa shape index (κ1) is 32.6. The molecule has 206 valence electrons. The Kier molecular flexibility index (Phi) is 16.7. The number of nitrogens with one attached hydrogen (secondary N) is 3. The lowest BCUT2D eigenvalue weighted by Crippen LogP contribution is -2.60. The maximum Gasteiger partial charge on any atom is 0.186 e. The molecule has 3 N–H and O–H groups in total. The summed E-state index contributed by atoms with van der Waals surface area (Å²) in [5, 5.41) is 13.5. The average Bonchev–Trinajstić information content (AvgIpc) is 2.81. The fraction of sp³-hybridized carbons (Fsp3) is 0.963. The molecule has 2 unspecified atom stereocenters. The van der Waals surface area contributed by atoms with Crippen molar-refractivity contribution in [2.45, 2.75) is 149 Å². The lowest BCUT2D eigenvalue weighted by Gasteiger charge is -2.43. The van der Waals surface area contributed by atoms with Gasteiger partial charge in [-0.05, 0) is 69.4 Å². The van der Waals surface area contributed by atoms with Crippen molar-refractivity contribution >= 4 is 28.7 Å². The van der Waals surface area contributed by atoms with Crippen molar-refractivity contribution < 1.29 is 4.55 Å². The molecule has 0 spiro atoms. The maximum atomic E-state index is 12.4. The SMILES string of the molecule is CCCCCCCCCCCC[S+]([O-])NNC(=S)NC(N=NC(C)(C)C)(C(C)C)C1CCCCC1. The van der Waals surface area contributed by atoms with Gasteiger partial charge in [0.2, 0.25) is 0 Å². The zero-order valence-corrected chi connectivity index (χ0v) is 25.2. The van der Waals surface area contributed by atoms with Crippen LogP contribution in [0.4, 0.5) is 0 Å². The van der Waals surface area contributed by atoms with Crippen molar-refractivity contribution in [2.24, 2.45) is 22.1 Å². The molecule has 1 fully saturated rings. The number of hydrogen-bond donors (Lipinski definition) is 3. The molecule has 1 aliphatic carbocycles. The van der Waals surface area contributed by atoms with Crippen molar-refractivity contribution in [3.8, 4) is 0 Å². The van der Waals surface area contributed by atoms with E-state index < -0.39 is 17.0 Å². The predicted molar refractivity (Wildman–Crippen MR) is 156 cm³/mol. The molecule has 35 heavy (non-hydrogen) atoms. The molecule has 2 atom stereocenters. The summed E-state index contributed by atoms with van der Waals surface area (Å²) in [5.74, 6) is 1.22. The topological polar surface area (TPSA) is 83.9 Å². The van der Waals surface area contributed by atoms with Crippen molar-refractivity contribution in [1.29, 1.82) is 0 Å². The highest BCUT2D eigenvalue weighted by Gasteiger charge is 2.43. The van der Waals surface area contributed by atoms with Crippen molar-refractivity contribution in [2.75, 3.05) is 5.75 Å². The molecule has 0 saturated heterocycles. The zero-order valence-electron chi connectivity index (χ0n) is 23.6. The first-order chi connectivity index (χ1) is 16.6. The number of nitrogens with zero attached hydrogens (tertiary/aromatic N) is 2. The Labute approximate surface area is 225 Å². The molecule has 0 amide bonds. The monoisotopic (exact) mass is 529 g/mol. The summed E-state index contributed by atoms with van der Waals surface area (Å²) in [6, 6.07) is 0. The van der Waals surface area contributed by atoms with Crippen LogP contribution in [0.2, 0.25) is 0 Å². The number of rotatable bonds is 17. The van der Waals surface area contributed by atoms with E-state index in [4.69, 9.17) is 17.3 Å². The van der Waals surface area contributed by atoms with Crippen LogP contribution in [0.25, 0.3) is 0 Å². The van der Waals surface area contributed by atoms with E-state index in [-0.39, 0.29) is 11.5 Å². The number of unbranched alkanes of at least 4 members (excludes halogenated alkanes) is 9. The van der Waals surface area contributed by atoms with Crippen LogP contribution in [-0.4, -0.2) is 26.6 Å². The van der Waals surface area contributed by atoms with E-state index in [1.54, 1.807) is 0 Å². The summed E-state index contributed by atoms with van der Waals surface area (Å²) in [6.45, 7) is 12.8. The highest BCUT2D eigenvalue weighted by atomic mass is 32.2. The van der Waals surface area contributed by atoms with E-state index >= 15 is 0 Å². The molecule has 8 heteroatoms. The van der Waals surface area contributed by atoms with Gasteiger partial charge in [0.25, 0.3) is 0 Å². The third kappa shape index (κ3) is 14.2. The van der Waals surface area contributed by atoms with Crippen LogP contribution in [-0.2, 0) is 11.4 Å². The molecule has 0 aromatic carbocycles. The van der Waals surface area contributed by atoms with Gasteiger partial charge in [-0.15, -0.1) is 0 Å². The summed E-state index contributed by atoms with van der Waals surface area (Å²) < 4.78 is 12.4. The van der Waals surface area contributed by atoms with E-state index in [2.05, 4.69) is 62.2 Å². The Morgan fingerprint density at radius 2 is 1.46 bits per heavy atom. The van der Waals surface area contributed by atoms with Gasteiger partial charge in [0.1, 0.15) is 5.75 Å². The van der Waals surface area contributed by atoms with Gasteiger partial charge in [-0.1, -0.05) is 91.4 Å². The van der Waals surface area contributed by atoms with E-state index in [1.807, 2.05) is 0 Å². The van der Waals surface area contributed by atoms with E-state index in [0.29, 0.717) is 16.8 Å². The number of hydrogen-bond acceptors (Lipinski definition) is 5. The van der Waals surface area contributed by atoms with Gasteiger partial charge >= 0.3 is 0 Å². The van der Waals surface area contributed by atoms with Crippen LogP contribution in [0.5, 0.6) is 0 Å². The predicted octanol–water partition coefficient (Wildman–Crippen LogP) is 7.72. The van der Waals surface area contributed by atoms with Crippen LogP contribution in [0.3, 0.4) is 0 Å². The van der Waals surface area contributed by atoms with Crippen LogP contribution in [0.1, 0.15) is 138 Å². The van der Waals surface area contributed by atoms with E-state index in [1.165, 1.54) is 70.6 Å². The zero-order chi connectivity index (χ0) is 26.2. The summed E-state index contributed by atoms with van der Waals surface area (Å²) in [5.41, 5.74) is 2.18. The van der Waals surface area contributed by atoms with Gasteiger partial charge in [-0.3, -0.25) is 5.43 Å². The summed E-state index contributed by atoms with van der Waals surface area (Å²) in [6.07, 6.45) is 18.7. The number of thiocarbonyl (C=S) groups is 1. The summed E-state index contributed by atoms with van der Waals surface area (Å²) >= 11 is 4.46. The Hall–Kier alpha value is -0.440. The van der Waals surface area contributed by atoms with Crippen LogP contribution in [0, 0.1) is 11.8 Å². The first-order valence-electron chi connectivity index (χ1n) is 14.3. The van der Waals surface area contributed by atoms with Gasteiger partial charge in [-0.2, -0.15) is 10.2 Å². The fourth-order valence-corrected chi connectivity index (χ4v) is 5.87. The van der Waals surface area contributed by atoms with Crippen LogP contribution in [0.15, 0.2) is 10.2 Å². The van der Waals surface area contributed by atoms with Gasteiger partial charge in [0.15, 0.2) is 10.8 Å². The van der Waals surface area contributed by atoms with E-state index in [0.717, 1.165) is 25.7 Å². The molecule has 0 radical (unpaired) electrons. The van der Waals surface area contributed by atoms with Gasteiger partial charge in [0, 0.05) is 5.92 Å². The number of hydrazine groups is 1. The first-order valence-corrected chi connectivity index (χ1v) is 16.0. The van der Waals surface area contributed by atoms with E-state index in [9.17, 15) is 4.55 Å². The molecule has 1 saturated carbocycles. The normalized spacial score (nSPS) is 18.1. The number of azo groups is 1.